The van der Waals surface area contributed by atoms with Gasteiger partial charge in [-0.3, -0.25) is 0 Å². The molecule has 0 bridgehead atoms. The van der Waals surface area contributed by atoms with E-state index < -0.39 is 7.26 Å². The predicted molar refractivity (Wildman–Crippen MR) is 215 cm³/mol. The average molecular weight is 696 g/mol. The van der Waals surface area contributed by atoms with E-state index in [4.69, 9.17) is 4.74 Å². The summed E-state index contributed by atoms with van der Waals surface area (Å²) in [5.74, 6) is 0.434. The molecule has 5 heteroatoms. The van der Waals surface area contributed by atoms with Crippen molar-refractivity contribution in [3.8, 4) is 11.5 Å². The molecule has 0 spiro atoms. The minimum absolute atomic E-state index is 0.174. The van der Waals surface area contributed by atoms with Crippen molar-refractivity contribution in [2.24, 2.45) is 0 Å². The fourth-order valence-corrected chi connectivity index (χ4v) is 12.3. The topological polar surface area (TPSA) is 46.6 Å². The van der Waals surface area contributed by atoms with E-state index in [0.717, 1.165) is 10.9 Å². The fourth-order valence-electron chi connectivity index (χ4n) is 7.56. The number of imide groups is 1. The zero-order chi connectivity index (χ0) is 35.7. The number of nitrogens with zero attached hydrogens (tertiary/aromatic N) is 1. The molecule has 1 heterocycles. The van der Waals surface area contributed by atoms with Crippen LogP contribution in [0.2, 0.25) is 0 Å². The Morgan fingerprint density at radius 2 is 0.904 bits per heavy atom. The number of benzene rings is 7. The maximum atomic E-state index is 14.1. The van der Waals surface area contributed by atoms with Crippen LogP contribution in [0.25, 0.3) is 0 Å². The van der Waals surface area contributed by atoms with Gasteiger partial charge in [-0.15, -0.1) is 0 Å². The number of fused-ring (bicyclic) bond motifs is 1. The molecule has 0 atom stereocenters. The van der Waals surface area contributed by atoms with Crippen molar-refractivity contribution in [1.82, 2.24) is 0 Å². The average Bonchev–Trinajstić information content (AvgIpc) is 3.45. The Morgan fingerprint density at radius 1 is 0.442 bits per heavy atom. The first kappa shape index (κ1) is 33.1. The number of amides is 2. The van der Waals surface area contributed by atoms with Crippen molar-refractivity contribution in [2.75, 3.05) is 4.90 Å². The van der Waals surface area contributed by atoms with Gasteiger partial charge < -0.3 is 0 Å². The number of anilines is 1. The number of carbonyl (C=O) groups excluding carboxylic acids is 2. The van der Waals surface area contributed by atoms with Crippen molar-refractivity contribution in [3.63, 3.8) is 0 Å². The molecule has 254 valence electrons. The van der Waals surface area contributed by atoms with Gasteiger partial charge in [-0.05, 0) is 11.1 Å². The third kappa shape index (κ3) is 5.72. The maximum absolute atomic E-state index is 14.1. The van der Waals surface area contributed by atoms with E-state index in [1.165, 1.54) is 26.4 Å². The number of hydrogen-bond acceptors (Lipinski definition) is 3. The molecule has 4 nitrogen and oxygen atoms in total. The van der Waals surface area contributed by atoms with E-state index in [1.807, 2.05) is 54.6 Å². The SMILES string of the molecule is CC(C)(c1ccccc1)c1ccc(Oc2ccc3c(c2)C(=O)N(c2cccc([PH](c4ccccc4)(c4ccccc4)c4ccccc4)c2)C3=O)cc1. The van der Waals surface area contributed by atoms with E-state index in [0.29, 0.717) is 28.3 Å². The van der Waals surface area contributed by atoms with Crippen LogP contribution in [0.3, 0.4) is 0 Å². The van der Waals surface area contributed by atoms with Crippen molar-refractivity contribution >= 4 is 46.0 Å². The number of carbonyl (C=O) groups is 2. The van der Waals surface area contributed by atoms with E-state index in [1.54, 1.807) is 18.2 Å². The molecule has 0 aliphatic carbocycles. The molecule has 0 N–H and O–H groups in total. The van der Waals surface area contributed by atoms with Crippen LogP contribution in [-0.2, 0) is 5.41 Å². The van der Waals surface area contributed by atoms with E-state index in [9.17, 15) is 9.59 Å². The van der Waals surface area contributed by atoms with Gasteiger partial charge in [0.25, 0.3) is 0 Å². The first-order valence-corrected chi connectivity index (χ1v) is 19.5. The van der Waals surface area contributed by atoms with Gasteiger partial charge >= 0.3 is 246 Å². The van der Waals surface area contributed by atoms with E-state index >= 15 is 0 Å². The zero-order valence-corrected chi connectivity index (χ0v) is 30.1. The van der Waals surface area contributed by atoms with Gasteiger partial charge in [-0.25, -0.2) is 0 Å². The Labute approximate surface area is 305 Å². The summed E-state index contributed by atoms with van der Waals surface area (Å²) < 4.78 is 6.24. The van der Waals surface area contributed by atoms with Crippen molar-refractivity contribution in [2.45, 2.75) is 19.3 Å². The standard InChI is InChI=1S/C47H38NO3P/c1-47(2,34-16-7-3-8-17-34)35-26-28-37(29-27-35)51-38-30-31-43-44(33-38)46(50)48(45(43)49)36-18-15-25-42(32-36)52(39-19-9-4-10-20-39,40-21-11-5-12-22-40)41-23-13-6-14-24-41/h3-33,52H,1-2H3. The molecule has 0 fully saturated rings. The van der Waals surface area contributed by atoms with Gasteiger partial charge in [0.2, 0.25) is 0 Å². The van der Waals surface area contributed by atoms with Crippen LogP contribution in [-0.4, -0.2) is 11.8 Å². The van der Waals surface area contributed by atoms with E-state index in [-0.39, 0.29) is 17.2 Å². The van der Waals surface area contributed by atoms with Gasteiger partial charge in [0.05, 0.1) is 0 Å². The quantitative estimate of drug-likeness (QED) is 0.112. The Hall–Kier alpha value is -6.09. The summed E-state index contributed by atoms with van der Waals surface area (Å²) in [6, 6.07) is 63.3. The molecule has 0 unspecified atom stereocenters. The van der Waals surface area contributed by atoms with Gasteiger partial charge in [-0.1, -0.05) is 44.2 Å². The first-order chi connectivity index (χ1) is 25.4. The van der Waals surface area contributed by atoms with Crippen LogP contribution in [0.1, 0.15) is 45.7 Å². The molecule has 0 saturated carbocycles. The van der Waals surface area contributed by atoms with Crippen LogP contribution >= 0.6 is 7.26 Å². The summed E-state index contributed by atoms with van der Waals surface area (Å²) in [5.41, 5.74) is 3.45. The van der Waals surface area contributed by atoms with E-state index in [2.05, 4.69) is 129 Å². The van der Waals surface area contributed by atoms with Crippen LogP contribution in [0, 0.1) is 0 Å². The monoisotopic (exact) mass is 695 g/mol. The van der Waals surface area contributed by atoms with Crippen LogP contribution < -0.4 is 30.9 Å². The second-order valence-corrected chi connectivity index (χ2v) is 17.5. The minimum atomic E-state index is -2.86. The molecule has 0 aromatic heterocycles. The van der Waals surface area contributed by atoms with Gasteiger partial charge in [0.1, 0.15) is 0 Å². The summed E-state index contributed by atoms with van der Waals surface area (Å²) in [6.45, 7) is 4.41. The number of ether oxygens (including phenoxy) is 1. The van der Waals surface area contributed by atoms with Crippen molar-refractivity contribution in [1.29, 1.82) is 0 Å². The molecule has 52 heavy (non-hydrogen) atoms. The molecule has 2 amide bonds. The third-order valence-electron chi connectivity index (χ3n) is 10.3. The van der Waals surface area contributed by atoms with Crippen molar-refractivity contribution < 1.29 is 14.3 Å². The zero-order valence-electron chi connectivity index (χ0n) is 29.1. The number of hydrogen-bond donors (Lipinski definition) is 0. The van der Waals surface area contributed by atoms with Crippen LogP contribution in [0.4, 0.5) is 5.69 Å². The molecule has 1 aliphatic rings. The molecule has 0 saturated heterocycles. The summed E-state index contributed by atoms with van der Waals surface area (Å²) in [4.78, 5) is 29.4. The molecule has 1 aliphatic heterocycles. The second-order valence-electron chi connectivity index (χ2n) is 13.7. The Kier molecular flexibility index (Phi) is 8.63. The molecule has 7 aromatic rings. The van der Waals surface area contributed by atoms with Crippen molar-refractivity contribution in [3.05, 3.63) is 210 Å². The summed E-state index contributed by atoms with van der Waals surface area (Å²) >= 11 is 0. The van der Waals surface area contributed by atoms with Crippen LogP contribution in [0.5, 0.6) is 11.5 Å². The van der Waals surface area contributed by atoms with Gasteiger partial charge in [0.15, 0.2) is 0 Å². The Balaban J connectivity index is 1.13. The number of rotatable bonds is 9. The normalized spacial score (nSPS) is 13.2. The Bertz CT molecular complexity index is 2280. The van der Waals surface area contributed by atoms with Gasteiger partial charge in [0, 0.05) is 5.41 Å². The van der Waals surface area contributed by atoms with Crippen LogP contribution in [0.15, 0.2) is 188 Å². The molecule has 0 radical (unpaired) electrons. The molecule has 8 rings (SSSR count). The molecular formula is C47H38NO3P. The summed E-state index contributed by atoms with van der Waals surface area (Å²) in [5, 5.41) is 4.72. The summed E-state index contributed by atoms with van der Waals surface area (Å²) in [6.07, 6.45) is 0. The first-order valence-electron chi connectivity index (χ1n) is 17.5. The fraction of sp³-hybridized carbons (Fsp3) is 0.0638. The second kappa shape index (κ2) is 13.6. The third-order valence-corrected chi connectivity index (χ3v) is 15.1. The summed E-state index contributed by atoms with van der Waals surface area (Å²) in [7, 11) is -2.86. The van der Waals surface area contributed by atoms with Gasteiger partial charge in [-0.2, -0.15) is 0 Å². The molecular weight excluding hydrogens is 657 g/mol. The Morgan fingerprint density at radius 3 is 1.46 bits per heavy atom. The molecule has 7 aromatic carbocycles. The predicted octanol–water partition coefficient (Wildman–Crippen LogP) is 8.96.